The average Bonchev–Trinajstić information content (AvgIpc) is 2.35. The molecule has 0 aliphatic heterocycles. The Hall–Kier alpha value is -0.830. The molecule has 1 unspecified atom stereocenters. The quantitative estimate of drug-likeness (QED) is 0.691. The highest BCUT2D eigenvalue weighted by Crippen LogP contribution is 2.23. The number of hydrogen-bond acceptors (Lipinski definition) is 3. The van der Waals surface area contributed by atoms with E-state index < -0.39 is 0 Å². The number of unbranched alkanes of at least 4 members (excludes halogenated alkanes) is 1. The second-order valence-corrected chi connectivity index (χ2v) is 5.08. The van der Waals surface area contributed by atoms with E-state index in [4.69, 9.17) is 16.3 Å². The van der Waals surface area contributed by atoms with Gasteiger partial charge in [-0.2, -0.15) is 4.98 Å². The lowest BCUT2D eigenvalue weighted by atomic mass is 10.0. The van der Waals surface area contributed by atoms with Gasteiger partial charge in [0, 0.05) is 5.56 Å². The van der Waals surface area contributed by atoms with Gasteiger partial charge in [-0.05, 0) is 26.2 Å². The maximum atomic E-state index is 6.02. The molecule has 0 N–H and O–H groups in total. The topological polar surface area (TPSA) is 35.0 Å². The first-order valence-electron chi connectivity index (χ1n) is 6.72. The van der Waals surface area contributed by atoms with Crippen molar-refractivity contribution < 1.29 is 4.74 Å². The van der Waals surface area contributed by atoms with Gasteiger partial charge >= 0.3 is 0 Å². The summed E-state index contributed by atoms with van der Waals surface area (Å²) in [7, 11) is 0. The van der Waals surface area contributed by atoms with Crippen LogP contribution in [0.15, 0.2) is 0 Å². The van der Waals surface area contributed by atoms with Crippen LogP contribution in [0.2, 0.25) is 5.15 Å². The van der Waals surface area contributed by atoms with Crippen molar-refractivity contribution in [3.63, 3.8) is 0 Å². The van der Waals surface area contributed by atoms with Crippen LogP contribution in [0.25, 0.3) is 0 Å². The summed E-state index contributed by atoms with van der Waals surface area (Å²) in [5.41, 5.74) is 0.826. The lowest BCUT2D eigenvalue weighted by Gasteiger charge is -2.16. The monoisotopic (exact) mass is 270 g/mol. The summed E-state index contributed by atoms with van der Waals surface area (Å²) < 4.78 is 5.81. The van der Waals surface area contributed by atoms with Gasteiger partial charge in [0.15, 0.2) is 0 Å². The predicted octanol–water partition coefficient (Wildman–Crippen LogP) is 4.34. The molecule has 1 heterocycles. The van der Waals surface area contributed by atoms with Gasteiger partial charge in [0.25, 0.3) is 0 Å². The number of hydrogen-bond donors (Lipinski definition) is 0. The molecule has 1 rings (SSSR count). The second-order valence-electron chi connectivity index (χ2n) is 4.72. The first-order chi connectivity index (χ1) is 8.58. The fraction of sp³-hybridized carbons (Fsp3) is 0.714. The zero-order valence-corrected chi connectivity index (χ0v) is 12.5. The lowest BCUT2D eigenvalue weighted by molar-refractivity contribution is 0.224. The Labute approximate surface area is 115 Å². The minimum absolute atomic E-state index is 0.485. The Bertz CT molecular complexity index is 382. The Morgan fingerprint density at radius 1 is 1.22 bits per heavy atom. The Morgan fingerprint density at radius 2 is 1.94 bits per heavy atom. The number of rotatable bonds is 7. The first kappa shape index (κ1) is 15.2. The van der Waals surface area contributed by atoms with Gasteiger partial charge in [-0.1, -0.05) is 44.7 Å². The highest BCUT2D eigenvalue weighted by molar-refractivity contribution is 6.30. The lowest BCUT2D eigenvalue weighted by Crippen LogP contribution is -2.13. The van der Waals surface area contributed by atoms with E-state index in [1.165, 1.54) is 19.3 Å². The molecule has 1 aromatic rings. The fourth-order valence-electron chi connectivity index (χ4n) is 1.81. The number of nitrogens with zero attached hydrogens (tertiary/aromatic N) is 2. The maximum Gasteiger partial charge on any atom is 0.221 e. The van der Waals surface area contributed by atoms with Crippen LogP contribution in [0.3, 0.4) is 0 Å². The molecule has 0 aromatic carbocycles. The molecule has 0 spiro atoms. The van der Waals surface area contributed by atoms with Crippen molar-refractivity contribution in [3.05, 3.63) is 16.5 Å². The van der Waals surface area contributed by atoms with Crippen molar-refractivity contribution in [2.45, 2.75) is 53.4 Å². The molecule has 18 heavy (non-hydrogen) atoms. The normalized spacial score (nSPS) is 12.5. The summed E-state index contributed by atoms with van der Waals surface area (Å²) >= 11 is 6.02. The predicted molar refractivity (Wildman–Crippen MR) is 75.3 cm³/mol. The highest BCUT2D eigenvalue weighted by atomic mass is 35.5. The van der Waals surface area contributed by atoms with Gasteiger partial charge in [0.1, 0.15) is 11.0 Å². The Kier molecular flexibility index (Phi) is 6.41. The minimum atomic E-state index is 0.485. The van der Waals surface area contributed by atoms with Gasteiger partial charge in [-0.25, -0.2) is 4.98 Å². The highest BCUT2D eigenvalue weighted by Gasteiger charge is 2.12. The molecule has 3 nitrogen and oxygen atoms in total. The minimum Gasteiger partial charge on any atom is -0.477 e. The number of aryl methyl sites for hydroxylation is 1. The van der Waals surface area contributed by atoms with Crippen molar-refractivity contribution in [2.24, 2.45) is 5.92 Å². The average molecular weight is 271 g/mol. The summed E-state index contributed by atoms with van der Waals surface area (Å²) in [6.07, 6.45) is 4.83. The molecular formula is C14H23ClN2O. The number of ether oxygens (including phenoxy) is 1. The van der Waals surface area contributed by atoms with Gasteiger partial charge < -0.3 is 4.74 Å². The molecule has 4 heteroatoms. The zero-order valence-electron chi connectivity index (χ0n) is 11.8. The van der Waals surface area contributed by atoms with Crippen LogP contribution < -0.4 is 4.74 Å². The van der Waals surface area contributed by atoms with Crippen LogP contribution in [0.1, 0.15) is 50.9 Å². The Balaban J connectivity index is 2.61. The number of halogens is 1. The van der Waals surface area contributed by atoms with Crippen molar-refractivity contribution in [3.8, 4) is 5.88 Å². The molecule has 0 amide bonds. The van der Waals surface area contributed by atoms with Gasteiger partial charge in [0.2, 0.25) is 5.88 Å². The molecule has 0 aliphatic carbocycles. The smallest absolute Gasteiger partial charge is 0.221 e. The SMILES string of the molecule is CCCCC(CC)COc1nc(C)nc(Cl)c1C. The van der Waals surface area contributed by atoms with E-state index in [0.29, 0.717) is 29.4 Å². The third-order valence-electron chi connectivity index (χ3n) is 3.15. The van der Waals surface area contributed by atoms with Crippen LogP contribution >= 0.6 is 11.6 Å². The molecule has 0 bridgehead atoms. The standard InChI is InChI=1S/C14H23ClN2O/c1-5-7-8-12(6-2)9-18-14-10(3)13(15)16-11(4)17-14/h12H,5-9H2,1-4H3. The van der Waals surface area contributed by atoms with Crippen molar-refractivity contribution in [1.82, 2.24) is 9.97 Å². The molecule has 1 atom stereocenters. The first-order valence-corrected chi connectivity index (χ1v) is 7.09. The van der Waals surface area contributed by atoms with Crippen LogP contribution in [0.4, 0.5) is 0 Å². The van der Waals surface area contributed by atoms with E-state index in [1.807, 2.05) is 13.8 Å². The van der Waals surface area contributed by atoms with Crippen LogP contribution in [0.5, 0.6) is 5.88 Å². The largest absolute Gasteiger partial charge is 0.477 e. The van der Waals surface area contributed by atoms with Gasteiger partial charge in [0.05, 0.1) is 6.61 Å². The van der Waals surface area contributed by atoms with E-state index in [2.05, 4.69) is 23.8 Å². The second kappa shape index (κ2) is 7.57. The molecule has 0 aliphatic rings. The molecule has 0 radical (unpaired) electrons. The maximum absolute atomic E-state index is 6.02. The fourth-order valence-corrected chi connectivity index (χ4v) is 2.01. The third kappa shape index (κ3) is 4.45. The van der Waals surface area contributed by atoms with E-state index >= 15 is 0 Å². The van der Waals surface area contributed by atoms with Crippen LogP contribution in [-0.4, -0.2) is 16.6 Å². The Morgan fingerprint density at radius 3 is 2.56 bits per heavy atom. The van der Waals surface area contributed by atoms with Crippen molar-refractivity contribution >= 4 is 11.6 Å². The molecule has 0 fully saturated rings. The zero-order chi connectivity index (χ0) is 13.5. The van der Waals surface area contributed by atoms with Gasteiger partial charge in [-0.3, -0.25) is 0 Å². The molecule has 102 valence electrons. The summed E-state index contributed by atoms with van der Waals surface area (Å²) in [4.78, 5) is 8.41. The molecule has 1 aromatic heterocycles. The van der Waals surface area contributed by atoms with Crippen LogP contribution in [0, 0.1) is 19.8 Å². The van der Waals surface area contributed by atoms with E-state index in [1.54, 1.807) is 0 Å². The summed E-state index contributed by atoms with van der Waals surface area (Å²) in [6, 6.07) is 0. The summed E-state index contributed by atoms with van der Waals surface area (Å²) in [6.45, 7) is 8.85. The molecular weight excluding hydrogens is 248 g/mol. The molecule has 0 saturated heterocycles. The molecule has 0 saturated carbocycles. The van der Waals surface area contributed by atoms with E-state index in [9.17, 15) is 0 Å². The number of aromatic nitrogens is 2. The summed E-state index contributed by atoms with van der Waals surface area (Å²) in [5, 5.41) is 0.485. The van der Waals surface area contributed by atoms with E-state index in [0.717, 1.165) is 12.0 Å². The van der Waals surface area contributed by atoms with E-state index in [-0.39, 0.29) is 0 Å². The van der Waals surface area contributed by atoms with Crippen molar-refractivity contribution in [2.75, 3.05) is 6.61 Å². The van der Waals surface area contributed by atoms with Gasteiger partial charge in [-0.15, -0.1) is 0 Å². The van der Waals surface area contributed by atoms with Crippen molar-refractivity contribution in [1.29, 1.82) is 0 Å². The summed E-state index contributed by atoms with van der Waals surface area (Å²) in [5.74, 6) is 1.88. The van der Waals surface area contributed by atoms with Crippen LogP contribution in [-0.2, 0) is 0 Å². The third-order valence-corrected chi connectivity index (χ3v) is 3.52.